The molecule has 2 heterocycles. The van der Waals surface area contributed by atoms with Gasteiger partial charge in [-0.25, -0.2) is 0 Å². The number of nitrogens with zero attached hydrogens (tertiary/aromatic N) is 2. The Morgan fingerprint density at radius 1 is 1.32 bits per heavy atom. The molecule has 1 aromatic carbocycles. The highest BCUT2D eigenvalue weighted by molar-refractivity contribution is 5.80. The summed E-state index contributed by atoms with van der Waals surface area (Å²) in [6, 6.07) is 8.52. The van der Waals surface area contributed by atoms with E-state index >= 15 is 0 Å². The van der Waals surface area contributed by atoms with Crippen molar-refractivity contribution in [3.05, 3.63) is 46.8 Å². The van der Waals surface area contributed by atoms with E-state index in [2.05, 4.69) is 5.10 Å². The molecule has 0 saturated heterocycles. The van der Waals surface area contributed by atoms with E-state index < -0.39 is 11.2 Å². The van der Waals surface area contributed by atoms with Gasteiger partial charge in [0.25, 0.3) is 0 Å². The van der Waals surface area contributed by atoms with Crippen LogP contribution in [0.1, 0.15) is 6.92 Å². The van der Waals surface area contributed by atoms with Crippen molar-refractivity contribution >= 4 is 11.0 Å². The number of benzene rings is 1. The lowest BCUT2D eigenvalue weighted by atomic mass is 10.2. The molecule has 0 unspecified atom stereocenters. The van der Waals surface area contributed by atoms with Gasteiger partial charge in [-0.2, -0.15) is 5.10 Å². The first-order chi connectivity index (χ1) is 9.20. The maximum Gasteiger partial charge on any atom is 0.235 e. The average molecular weight is 256 g/mol. The van der Waals surface area contributed by atoms with Crippen LogP contribution < -0.4 is 5.43 Å². The largest absolute Gasteiger partial charge is 0.501 e. The van der Waals surface area contributed by atoms with Gasteiger partial charge in [-0.15, -0.1) is 0 Å². The van der Waals surface area contributed by atoms with Gasteiger partial charge in [0.15, 0.2) is 0 Å². The monoisotopic (exact) mass is 256 g/mol. The van der Waals surface area contributed by atoms with Crippen LogP contribution in [-0.4, -0.2) is 14.9 Å². The van der Waals surface area contributed by atoms with Gasteiger partial charge in [0.05, 0.1) is 5.39 Å². The molecule has 1 N–H and O–H groups in total. The molecule has 0 aliphatic heterocycles. The smallest absolute Gasteiger partial charge is 0.235 e. The maximum atomic E-state index is 12.1. The van der Waals surface area contributed by atoms with Gasteiger partial charge < -0.3 is 9.52 Å². The zero-order chi connectivity index (χ0) is 13.4. The van der Waals surface area contributed by atoms with Crippen LogP contribution >= 0.6 is 0 Å². The third kappa shape index (κ3) is 1.79. The Labute approximate surface area is 108 Å². The molecule has 0 aliphatic carbocycles. The Balaban J connectivity index is 2.29. The first-order valence-corrected chi connectivity index (χ1v) is 5.99. The van der Waals surface area contributed by atoms with Gasteiger partial charge in [0.1, 0.15) is 11.3 Å². The number of rotatable bonds is 2. The molecular weight excluding hydrogens is 244 g/mol. The fourth-order valence-electron chi connectivity index (χ4n) is 1.96. The van der Waals surface area contributed by atoms with Gasteiger partial charge in [-0.3, -0.25) is 9.48 Å². The molecule has 5 nitrogen and oxygen atoms in total. The molecule has 0 aliphatic rings. The SMILES string of the molecule is CCn1ccc(-c2oc3ccccc3c(=O)c2O)n1. The molecule has 0 saturated carbocycles. The first-order valence-electron chi connectivity index (χ1n) is 5.99. The second-order valence-corrected chi connectivity index (χ2v) is 4.16. The van der Waals surface area contributed by atoms with E-state index in [1.54, 1.807) is 41.2 Å². The Kier molecular flexibility index (Phi) is 2.59. The third-order valence-corrected chi connectivity index (χ3v) is 2.97. The molecular formula is C14H12N2O3. The van der Waals surface area contributed by atoms with Crippen LogP contribution in [-0.2, 0) is 6.54 Å². The molecule has 5 heteroatoms. The lowest BCUT2D eigenvalue weighted by Gasteiger charge is -2.03. The highest BCUT2D eigenvalue weighted by Gasteiger charge is 2.16. The van der Waals surface area contributed by atoms with Crippen molar-refractivity contribution in [1.82, 2.24) is 9.78 Å². The number of aromatic nitrogens is 2. The molecule has 19 heavy (non-hydrogen) atoms. The van der Waals surface area contributed by atoms with Crippen LogP contribution in [0.3, 0.4) is 0 Å². The Morgan fingerprint density at radius 2 is 2.11 bits per heavy atom. The summed E-state index contributed by atoms with van der Waals surface area (Å²) in [6.45, 7) is 2.66. The van der Waals surface area contributed by atoms with Crippen molar-refractivity contribution in [2.45, 2.75) is 13.5 Å². The average Bonchev–Trinajstić information content (AvgIpc) is 2.91. The zero-order valence-corrected chi connectivity index (χ0v) is 10.3. The first kappa shape index (κ1) is 11.5. The van der Waals surface area contributed by atoms with Crippen molar-refractivity contribution < 1.29 is 9.52 Å². The molecule has 0 spiro atoms. The summed E-state index contributed by atoms with van der Waals surface area (Å²) in [6.07, 6.45) is 1.77. The van der Waals surface area contributed by atoms with E-state index in [4.69, 9.17) is 4.42 Å². The summed E-state index contributed by atoms with van der Waals surface area (Å²) < 4.78 is 7.29. The van der Waals surface area contributed by atoms with Gasteiger partial charge in [0, 0.05) is 12.7 Å². The summed E-state index contributed by atoms with van der Waals surface area (Å²) >= 11 is 0. The number of hydrogen-bond acceptors (Lipinski definition) is 4. The molecule has 0 atom stereocenters. The summed E-state index contributed by atoms with van der Waals surface area (Å²) in [4.78, 5) is 12.1. The van der Waals surface area contributed by atoms with E-state index in [9.17, 15) is 9.90 Å². The van der Waals surface area contributed by atoms with Crippen molar-refractivity contribution in [2.24, 2.45) is 0 Å². The molecule has 3 rings (SSSR count). The van der Waals surface area contributed by atoms with Gasteiger partial charge in [0.2, 0.25) is 16.9 Å². The van der Waals surface area contributed by atoms with Crippen molar-refractivity contribution in [2.75, 3.05) is 0 Å². The maximum absolute atomic E-state index is 12.1. The van der Waals surface area contributed by atoms with Crippen LogP contribution in [0, 0.1) is 0 Å². The van der Waals surface area contributed by atoms with Crippen molar-refractivity contribution in [3.8, 4) is 17.2 Å². The predicted molar refractivity (Wildman–Crippen MR) is 71.0 cm³/mol. The normalized spacial score (nSPS) is 11.0. The number of para-hydroxylation sites is 1. The van der Waals surface area contributed by atoms with Gasteiger partial charge in [-0.1, -0.05) is 12.1 Å². The molecule has 2 aromatic heterocycles. The fourth-order valence-corrected chi connectivity index (χ4v) is 1.96. The van der Waals surface area contributed by atoms with Crippen molar-refractivity contribution in [1.29, 1.82) is 0 Å². The predicted octanol–water partition coefficient (Wildman–Crippen LogP) is 2.38. The highest BCUT2D eigenvalue weighted by Crippen LogP contribution is 2.28. The molecule has 3 aromatic rings. The molecule has 0 bridgehead atoms. The standard InChI is InChI=1S/C14H12N2O3/c1-2-16-8-7-10(15-16)14-13(18)12(17)9-5-3-4-6-11(9)19-14/h3-8,18H,2H2,1H3. The van der Waals surface area contributed by atoms with E-state index in [1.807, 2.05) is 6.92 Å². The van der Waals surface area contributed by atoms with E-state index in [0.717, 1.165) is 0 Å². The Bertz CT molecular complexity index is 802. The third-order valence-electron chi connectivity index (χ3n) is 2.97. The Morgan fingerprint density at radius 3 is 2.84 bits per heavy atom. The lowest BCUT2D eigenvalue weighted by molar-refractivity contribution is 0.448. The molecule has 0 radical (unpaired) electrons. The topological polar surface area (TPSA) is 68.3 Å². The Hall–Kier alpha value is -2.56. The van der Waals surface area contributed by atoms with Crippen LogP contribution in [0.5, 0.6) is 5.75 Å². The van der Waals surface area contributed by atoms with Crippen LogP contribution in [0.25, 0.3) is 22.4 Å². The van der Waals surface area contributed by atoms with Crippen LogP contribution in [0.4, 0.5) is 0 Å². The zero-order valence-electron chi connectivity index (χ0n) is 10.3. The van der Waals surface area contributed by atoms with E-state index in [1.165, 1.54) is 0 Å². The van der Waals surface area contributed by atoms with E-state index in [0.29, 0.717) is 23.2 Å². The minimum atomic E-state index is -0.442. The van der Waals surface area contributed by atoms with Crippen LogP contribution in [0.2, 0.25) is 0 Å². The number of aryl methyl sites for hydroxylation is 1. The summed E-state index contributed by atoms with van der Waals surface area (Å²) in [5.41, 5.74) is 0.441. The second kappa shape index (κ2) is 4.28. The van der Waals surface area contributed by atoms with Gasteiger partial charge >= 0.3 is 0 Å². The lowest BCUT2D eigenvalue weighted by Crippen LogP contribution is -2.03. The van der Waals surface area contributed by atoms with Crippen molar-refractivity contribution in [3.63, 3.8) is 0 Å². The van der Waals surface area contributed by atoms with Gasteiger partial charge in [-0.05, 0) is 25.1 Å². The van der Waals surface area contributed by atoms with E-state index in [-0.39, 0.29) is 5.76 Å². The summed E-state index contributed by atoms with van der Waals surface area (Å²) in [5.74, 6) is -0.295. The van der Waals surface area contributed by atoms with Crippen LogP contribution in [0.15, 0.2) is 45.7 Å². The number of aromatic hydroxyl groups is 1. The molecule has 0 fully saturated rings. The minimum absolute atomic E-state index is 0.107. The molecule has 0 amide bonds. The molecule has 96 valence electrons. The summed E-state index contributed by atoms with van der Waals surface area (Å²) in [5, 5.41) is 14.6. The summed E-state index contributed by atoms with van der Waals surface area (Å²) in [7, 11) is 0. The second-order valence-electron chi connectivity index (χ2n) is 4.16. The quantitative estimate of drug-likeness (QED) is 0.764. The minimum Gasteiger partial charge on any atom is -0.501 e. The fraction of sp³-hybridized carbons (Fsp3) is 0.143. The number of hydrogen-bond donors (Lipinski definition) is 1. The highest BCUT2D eigenvalue weighted by atomic mass is 16.4. The number of fused-ring (bicyclic) bond motifs is 1.